The number of benzene rings is 2. The molecule has 1 heterocycles. The average Bonchev–Trinajstić information content (AvgIpc) is 2.58. The molecule has 3 heteroatoms. The molecule has 1 amide bonds. The summed E-state index contributed by atoms with van der Waals surface area (Å²) in [5.74, 6) is 0.327. The van der Waals surface area contributed by atoms with Gasteiger partial charge in [0.25, 0.3) is 5.91 Å². The maximum absolute atomic E-state index is 12.7. The minimum atomic E-state index is -0.0836. The largest absolute Gasteiger partial charge is 0.483 e. The first kappa shape index (κ1) is 14.4. The molecule has 112 valence electrons. The van der Waals surface area contributed by atoms with Crippen molar-refractivity contribution in [2.24, 2.45) is 0 Å². The Morgan fingerprint density at radius 2 is 1.73 bits per heavy atom. The van der Waals surface area contributed by atoms with Crippen LogP contribution in [0.5, 0.6) is 0 Å². The van der Waals surface area contributed by atoms with Crippen LogP contribution >= 0.6 is 0 Å². The molecule has 0 aliphatic carbocycles. The summed E-state index contributed by atoms with van der Waals surface area (Å²) >= 11 is 0. The molecule has 3 rings (SSSR count). The van der Waals surface area contributed by atoms with Crippen molar-refractivity contribution in [3.05, 3.63) is 72.0 Å². The van der Waals surface area contributed by atoms with Crippen LogP contribution in [0.2, 0.25) is 0 Å². The van der Waals surface area contributed by atoms with E-state index in [0.29, 0.717) is 12.3 Å². The number of rotatable bonds is 3. The minimum absolute atomic E-state index is 0.0212. The minimum Gasteiger partial charge on any atom is -0.483 e. The quantitative estimate of drug-likeness (QED) is 0.804. The summed E-state index contributed by atoms with van der Waals surface area (Å²) in [4.78, 5) is 14.5. The zero-order valence-corrected chi connectivity index (χ0v) is 12.6. The second-order valence-electron chi connectivity index (χ2n) is 5.32. The Bertz CT molecular complexity index is 664. The molecule has 2 aromatic rings. The number of hydrogen-bond donors (Lipinski definition) is 0. The highest BCUT2D eigenvalue weighted by Crippen LogP contribution is 2.25. The summed E-state index contributed by atoms with van der Waals surface area (Å²) in [7, 11) is 0. The van der Waals surface area contributed by atoms with E-state index >= 15 is 0 Å². The Kier molecular flexibility index (Phi) is 4.24. The Hall–Kier alpha value is -2.55. The molecule has 0 saturated carbocycles. The average molecular weight is 293 g/mol. The zero-order valence-electron chi connectivity index (χ0n) is 12.6. The third-order valence-corrected chi connectivity index (χ3v) is 3.76. The van der Waals surface area contributed by atoms with Crippen LogP contribution in [-0.4, -0.2) is 18.6 Å². The number of para-hydroxylation sites is 1. The van der Waals surface area contributed by atoms with Crippen molar-refractivity contribution in [1.82, 2.24) is 0 Å². The number of carbonyl (C=O) groups excluding carboxylic acids is 1. The summed E-state index contributed by atoms with van der Waals surface area (Å²) in [5, 5.41) is 0. The van der Waals surface area contributed by atoms with Crippen molar-refractivity contribution >= 4 is 17.7 Å². The van der Waals surface area contributed by atoms with Crippen LogP contribution in [0.1, 0.15) is 18.9 Å². The van der Waals surface area contributed by atoms with Crippen molar-refractivity contribution in [2.75, 3.05) is 11.4 Å². The van der Waals surface area contributed by atoms with E-state index in [4.69, 9.17) is 4.74 Å². The van der Waals surface area contributed by atoms with Crippen LogP contribution in [-0.2, 0) is 9.53 Å². The van der Waals surface area contributed by atoms with Crippen molar-refractivity contribution in [2.45, 2.75) is 19.4 Å². The first-order valence-electron chi connectivity index (χ1n) is 7.58. The van der Waals surface area contributed by atoms with E-state index in [1.807, 2.05) is 66.7 Å². The Balaban J connectivity index is 1.93. The highest BCUT2D eigenvalue weighted by molar-refractivity contribution is 6.07. The van der Waals surface area contributed by atoms with Gasteiger partial charge in [0, 0.05) is 5.69 Å². The van der Waals surface area contributed by atoms with E-state index in [-0.39, 0.29) is 12.0 Å². The van der Waals surface area contributed by atoms with Crippen LogP contribution in [0.3, 0.4) is 0 Å². The zero-order chi connectivity index (χ0) is 15.4. The van der Waals surface area contributed by atoms with Gasteiger partial charge in [0.15, 0.2) is 5.76 Å². The van der Waals surface area contributed by atoms with E-state index in [9.17, 15) is 4.79 Å². The summed E-state index contributed by atoms with van der Waals surface area (Å²) in [6.45, 7) is 2.66. The summed E-state index contributed by atoms with van der Waals surface area (Å²) in [5.41, 5.74) is 1.88. The molecule has 1 fully saturated rings. The van der Waals surface area contributed by atoms with Crippen molar-refractivity contribution in [1.29, 1.82) is 0 Å². The lowest BCUT2D eigenvalue weighted by molar-refractivity contribution is -0.122. The molecule has 3 nitrogen and oxygen atoms in total. The van der Waals surface area contributed by atoms with Gasteiger partial charge in [0.2, 0.25) is 0 Å². The predicted octanol–water partition coefficient (Wildman–Crippen LogP) is 3.87. The molecular weight excluding hydrogens is 274 g/mol. The van der Waals surface area contributed by atoms with Crippen molar-refractivity contribution in [3.8, 4) is 0 Å². The fourth-order valence-electron chi connectivity index (χ4n) is 2.53. The number of amides is 1. The lowest BCUT2D eigenvalue weighted by Gasteiger charge is -2.34. The molecule has 1 aliphatic heterocycles. The second-order valence-corrected chi connectivity index (χ2v) is 5.32. The summed E-state index contributed by atoms with van der Waals surface area (Å²) in [6, 6.07) is 19.5. The van der Waals surface area contributed by atoms with Crippen molar-refractivity contribution in [3.63, 3.8) is 0 Å². The Labute approximate surface area is 130 Å². The van der Waals surface area contributed by atoms with E-state index in [1.165, 1.54) is 0 Å². The van der Waals surface area contributed by atoms with Crippen LogP contribution in [0.15, 0.2) is 66.4 Å². The molecular formula is C19H19NO2. The number of hydrogen-bond acceptors (Lipinski definition) is 2. The molecule has 1 saturated heterocycles. The van der Waals surface area contributed by atoms with E-state index < -0.39 is 0 Å². The molecule has 0 radical (unpaired) electrons. The monoisotopic (exact) mass is 293 g/mol. The van der Waals surface area contributed by atoms with Gasteiger partial charge in [-0.3, -0.25) is 4.79 Å². The highest BCUT2D eigenvalue weighted by Gasteiger charge is 2.31. The highest BCUT2D eigenvalue weighted by atomic mass is 16.5. The molecule has 1 atom stereocenters. The molecule has 0 spiro atoms. The van der Waals surface area contributed by atoms with Crippen LogP contribution in [0.4, 0.5) is 5.69 Å². The van der Waals surface area contributed by atoms with Crippen molar-refractivity contribution < 1.29 is 9.53 Å². The molecule has 1 unspecified atom stereocenters. The van der Waals surface area contributed by atoms with Crippen LogP contribution < -0.4 is 4.90 Å². The second kappa shape index (κ2) is 6.48. The summed E-state index contributed by atoms with van der Waals surface area (Å²) in [6.07, 6.45) is 2.70. The molecule has 0 bridgehead atoms. The lowest BCUT2D eigenvalue weighted by Crippen LogP contribution is -2.45. The molecule has 22 heavy (non-hydrogen) atoms. The van der Waals surface area contributed by atoms with Gasteiger partial charge in [-0.25, -0.2) is 0 Å². The number of anilines is 1. The SMILES string of the molecule is CCC1CN(c2ccccc2)C(=O)C(=Cc2ccccc2)O1. The number of morpholine rings is 1. The Morgan fingerprint density at radius 1 is 1.09 bits per heavy atom. The molecule has 2 aromatic carbocycles. The van der Waals surface area contributed by atoms with Crippen LogP contribution in [0, 0.1) is 0 Å². The number of nitrogens with zero attached hydrogens (tertiary/aromatic N) is 1. The number of ether oxygens (including phenoxy) is 1. The molecule has 1 aliphatic rings. The summed E-state index contributed by atoms with van der Waals surface area (Å²) < 4.78 is 5.87. The number of carbonyl (C=O) groups is 1. The van der Waals surface area contributed by atoms with Crippen LogP contribution in [0.25, 0.3) is 6.08 Å². The van der Waals surface area contributed by atoms with Gasteiger partial charge in [-0.15, -0.1) is 0 Å². The third-order valence-electron chi connectivity index (χ3n) is 3.76. The fourth-order valence-corrected chi connectivity index (χ4v) is 2.53. The first-order chi connectivity index (χ1) is 10.8. The smallest absolute Gasteiger partial charge is 0.293 e. The van der Waals surface area contributed by atoms with Gasteiger partial charge in [-0.1, -0.05) is 55.5 Å². The van der Waals surface area contributed by atoms with Gasteiger partial charge in [-0.05, 0) is 30.2 Å². The standard InChI is InChI=1S/C19H19NO2/c1-2-17-14-20(16-11-7-4-8-12-16)19(21)18(22-17)13-15-9-5-3-6-10-15/h3-13,17H,2,14H2,1H3. The van der Waals surface area contributed by atoms with Gasteiger partial charge in [0.05, 0.1) is 6.54 Å². The van der Waals surface area contributed by atoms with Gasteiger partial charge < -0.3 is 9.64 Å². The molecule has 0 N–H and O–H groups in total. The molecule has 0 aromatic heterocycles. The maximum atomic E-state index is 12.7. The fraction of sp³-hybridized carbons (Fsp3) is 0.211. The lowest BCUT2D eigenvalue weighted by atomic mass is 10.1. The first-order valence-corrected chi connectivity index (χ1v) is 7.58. The van der Waals surface area contributed by atoms with Gasteiger partial charge >= 0.3 is 0 Å². The normalized spacial score (nSPS) is 20.0. The Morgan fingerprint density at radius 3 is 2.36 bits per heavy atom. The van der Waals surface area contributed by atoms with Gasteiger partial charge in [-0.2, -0.15) is 0 Å². The van der Waals surface area contributed by atoms with E-state index in [0.717, 1.165) is 17.7 Å². The van der Waals surface area contributed by atoms with E-state index in [1.54, 1.807) is 4.90 Å². The predicted molar refractivity (Wildman–Crippen MR) is 88.4 cm³/mol. The van der Waals surface area contributed by atoms with E-state index in [2.05, 4.69) is 6.92 Å². The topological polar surface area (TPSA) is 29.5 Å². The van der Waals surface area contributed by atoms with Gasteiger partial charge in [0.1, 0.15) is 6.10 Å². The third kappa shape index (κ3) is 3.03. The maximum Gasteiger partial charge on any atom is 0.293 e.